The maximum atomic E-state index is 2.68. The third-order valence-electron chi connectivity index (χ3n) is 3.24. The second-order valence-corrected chi connectivity index (χ2v) is 4.44. The molecule has 1 heterocycles. The number of unbranched alkanes of at least 4 members (excludes halogenated alkanes) is 2. The summed E-state index contributed by atoms with van der Waals surface area (Å²) >= 11 is 0. The van der Waals surface area contributed by atoms with E-state index in [2.05, 4.69) is 18.7 Å². The molecule has 1 atom stereocenters. The Kier molecular flexibility index (Phi) is 8.15. The summed E-state index contributed by atoms with van der Waals surface area (Å²) in [6.45, 7) is 7.40. The molecule has 2 heteroatoms. The first-order valence-corrected chi connectivity index (χ1v) is 6.08. The van der Waals surface area contributed by atoms with Crippen molar-refractivity contribution >= 4 is 0 Å². The van der Waals surface area contributed by atoms with E-state index in [0.717, 1.165) is 6.04 Å². The highest BCUT2D eigenvalue weighted by atomic mass is 19.0. The van der Waals surface area contributed by atoms with E-state index in [1.54, 1.807) is 0 Å². The van der Waals surface area contributed by atoms with Gasteiger partial charge in [0.05, 0.1) is 0 Å². The SMILES string of the molecule is CCCCCC(C)N1CCCCC1.F. The molecule has 0 saturated carbocycles. The second-order valence-electron chi connectivity index (χ2n) is 4.44. The molecular weight excluding hydrogens is 177 g/mol. The summed E-state index contributed by atoms with van der Waals surface area (Å²) in [5.74, 6) is 0. The number of likely N-dealkylation sites (tertiary alicyclic amines) is 1. The summed E-state index contributed by atoms with van der Waals surface area (Å²) in [7, 11) is 0. The van der Waals surface area contributed by atoms with Crippen LogP contribution < -0.4 is 0 Å². The van der Waals surface area contributed by atoms with Crippen molar-refractivity contribution in [1.29, 1.82) is 0 Å². The average Bonchev–Trinajstić information content (AvgIpc) is 2.19. The van der Waals surface area contributed by atoms with Crippen LogP contribution in [0.1, 0.15) is 58.8 Å². The summed E-state index contributed by atoms with van der Waals surface area (Å²) in [6.07, 6.45) is 9.92. The van der Waals surface area contributed by atoms with E-state index in [1.807, 2.05) is 0 Å². The van der Waals surface area contributed by atoms with Gasteiger partial charge in [-0.25, -0.2) is 0 Å². The fourth-order valence-electron chi connectivity index (χ4n) is 2.23. The third kappa shape index (κ3) is 4.94. The minimum atomic E-state index is 0. The highest BCUT2D eigenvalue weighted by molar-refractivity contribution is 4.71. The number of rotatable bonds is 5. The zero-order chi connectivity index (χ0) is 9.52. The van der Waals surface area contributed by atoms with Crippen LogP contribution in [0, 0.1) is 0 Å². The monoisotopic (exact) mass is 203 g/mol. The van der Waals surface area contributed by atoms with E-state index in [4.69, 9.17) is 0 Å². The normalized spacial score (nSPS) is 20.1. The lowest BCUT2D eigenvalue weighted by molar-refractivity contribution is 0.164. The van der Waals surface area contributed by atoms with E-state index < -0.39 is 0 Å². The molecule has 0 aromatic carbocycles. The Labute approximate surface area is 88.2 Å². The van der Waals surface area contributed by atoms with E-state index in [9.17, 15) is 0 Å². The molecule has 0 aliphatic carbocycles. The van der Waals surface area contributed by atoms with Gasteiger partial charge in [0.15, 0.2) is 0 Å². The molecule has 1 fully saturated rings. The van der Waals surface area contributed by atoms with Gasteiger partial charge in [0.2, 0.25) is 0 Å². The van der Waals surface area contributed by atoms with Crippen molar-refractivity contribution in [1.82, 2.24) is 4.90 Å². The Morgan fingerprint density at radius 3 is 2.29 bits per heavy atom. The molecule has 0 N–H and O–H groups in total. The van der Waals surface area contributed by atoms with Crippen LogP contribution in [0.5, 0.6) is 0 Å². The van der Waals surface area contributed by atoms with Crippen molar-refractivity contribution in [3.05, 3.63) is 0 Å². The predicted molar refractivity (Wildman–Crippen MR) is 61.5 cm³/mol. The van der Waals surface area contributed by atoms with Gasteiger partial charge >= 0.3 is 0 Å². The standard InChI is InChI=1S/C12H25N.FH/c1-3-4-6-9-12(2)13-10-7-5-8-11-13;/h12H,3-11H2,1-2H3;1H. The van der Waals surface area contributed by atoms with Gasteiger partial charge in [-0.15, -0.1) is 0 Å². The maximum absolute atomic E-state index is 2.68. The number of halogens is 1. The molecule has 1 aliphatic heterocycles. The molecular formula is C12H26FN. The molecule has 86 valence electrons. The zero-order valence-corrected chi connectivity index (χ0v) is 9.80. The van der Waals surface area contributed by atoms with Crippen LogP contribution in [0.3, 0.4) is 0 Å². The largest absolute Gasteiger partial charge is 0.301 e. The quantitative estimate of drug-likeness (QED) is 0.617. The Morgan fingerprint density at radius 1 is 1.07 bits per heavy atom. The number of hydrogen-bond donors (Lipinski definition) is 0. The first-order valence-electron chi connectivity index (χ1n) is 6.08. The lowest BCUT2D eigenvalue weighted by Gasteiger charge is -2.32. The molecule has 1 unspecified atom stereocenters. The fourth-order valence-corrected chi connectivity index (χ4v) is 2.23. The Bertz CT molecular complexity index is 121. The van der Waals surface area contributed by atoms with Crippen molar-refractivity contribution < 1.29 is 4.70 Å². The third-order valence-corrected chi connectivity index (χ3v) is 3.24. The van der Waals surface area contributed by atoms with Crippen molar-refractivity contribution in [2.75, 3.05) is 13.1 Å². The van der Waals surface area contributed by atoms with Crippen LogP contribution in [0.4, 0.5) is 4.70 Å². The van der Waals surface area contributed by atoms with Crippen LogP contribution in [-0.2, 0) is 0 Å². The zero-order valence-electron chi connectivity index (χ0n) is 9.80. The van der Waals surface area contributed by atoms with Gasteiger partial charge in [-0.2, -0.15) is 0 Å². The molecule has 0 amide bonds. The minimum Gasteiger partial charge on any atom is -0.301 e. The van der Waals surface area contributed by atoms with E-state index in [0.29, 0.717) is 0 Å². The van der Waals surface area contributed by atoms with Gasteiger partial charge in [0.1, 0.15) is 0 Å². The van der Waals surface area contributed by atoms with Crippen molar-refractivity contribution in [2.24, 2.45) is 0 Å². The average molecular weight is 203 g/mol. The van der Waals surface area contributed by atoms with Crippen LogP contribution in [0.15, 0.2) is 0 Å². The topological polar surface area (TPSA) is 3.24 Å². The highest BCUT2D eigenvalue weighted by Gasteiger charge is 2.15. The lowest BCUT2D eigenvalue weighted by atomic mass is 10.0. The van der Waals surface area contributed by atoms with E-state index >= 15 is 0 Å². The summed E-state index contributed by atoms with van der Waals surface area (Å²) in [5.41, 5.74) is 0. The molecule has 1 saturated heterocycles. The molecule has 0 radical (unpaired) electrons. The second kappa shape index (κ2) is 8.22. The van der Waals surface area contributed by atoms with E-state index in [1.165, 1.54) is 58.0 Å². The highest BCUT2D eigenvalue weighted by Crippen LogP contribution is 2.15. The number of piperidine rings is 1. The van der Waals surface area contributed by atoms with Crippen LogP contribution in [0.2, 0.25) is 0 Å². The van der Waals surface area contributed by atoms with Crippen LogP contribution >= 0.6 is 0 Å². The number of nitrogens with zero attached hydrogens (tertiary/aromatic N) is 1. The summed E-state index contributed by atoms with van der Waals surface area (Å²) in [4.78, 5) is 2.68. The van der Waals surface area contributed by atoms with Gasteiger partial charge in [0.25, 0.3) is 0 Å². The predicted octanol–water partition coefficient (Wildman–Crippen LogP) is 3.59. The molecule has 0 aromatic rings. The Hall–Kier alpha value is -0.110. The van der Waals surface area contributed by atoms with Gasteiger partial charge in [-0.05, 0) is 39.3 Å². The van der Waals surface area contributed by atoms with Crippen LogP contribution in [0.25, 0.3) is 0 Å². The van der Waals surface area contributed by atoms with Crippen LogP contribution in [-0.4, -0.2) is 24.0 Å². The summed E-state index contributed by atoms with van der Waals surface area (Å²) < 4.78 is 0. The fraction of sp³-hybridized carbons (Fsp3) is 1.00. The molecule has 14 heavy (non-hydrogen) atoms. The molecule has 1 nitrogen and oxygen atoms in total. The Balaban J connectivity index is 0.00000169. The van der Waals surface area contributed by atoms with Crippen molar-refractivity contribution in [3.63, 3.8) is 0 Å². The summed E-state index contributed by atoms with van der Waals surface area (Å²) in [6, 6.07) is 0.840. The lowest BCUT2D eigenvalue weighted by Crippen LogP contribution is -2.37. The van der Waals surface area contributed by atoms with Crippen molar-refractivity contribution in [3.8, 4) is 0 Å². The first-order chi connectivity index (χ1) is 6.34. The molecule has 1 aliphatic rings. The molecule has 1 rings (SSSR count). The molecule has 0 spiro atoms. The smallest absolute Gasteiger partial charge is 0.00669 e. The number of hydrogen-bond acceptors (Lipinski definition) is 1. The van der Waals surface area contributed by atoms with Gasteiger partial charge in [-0.3, -0.25) is 4.70 Å². The van der Waals surface area contributed by atoms with Crippen molar-refractivity contribution in [2.45, 2.75) is 64.8 Å². The van der Waals surface area contributed by atoms with Gasteiger partial charge in [-0.1, -0.05) is 32.6 Å². The maximum Gasteiger partial charge on any atom is 0.00669 e. The molecule has 0 aromatic heterocycles. The van der Waals surface area contributed by atoms with Gasteiger partial charge in [0, 0.05) is 6.04 Å². The first kappa shape index (κ1) is 13.9. The Morgan fingerprint density at radius 2 is 1.71 bits per heavy atom. The summed E-state index contributed by atoms with van der Waals surface area (Å²) in [5, 5.41) is 0. The molecule has 0 bridgehead atoms. The van der Waals surface area contributed by atoms with Gasteiger partial charge < -0.3 is 4.90 Å². The minimum absolute atomic E-state index is 0. The van der Waals surface area contributed by atoms with E-state index in [-0.39, 0.29) is 4.70 Å².